The first-order valence-electron chi connectivity index (χ1n) is 11.4. The molecule has 31 heavy (non-hydrogen) atoms. The molecule has 0 aliphatic carbocycles. The summed E-state index contributed by atoms with van der Waals surface area (Å²) in [6.07, 6.45) is 9.37. The Morgan fingerprint density at radius 1 is 1.06 bits per heavy atom. The zero-order chi connectivity index (χ0) is 21.3. The van der Waals surface area contributed by atoms with Gasteiger partial charge in [-0.25, -0.2) is 0 Å². The molecule has 2 N–H and O–H groups in total. The van der Waals surface area contributed by atoms with E-state index in [4.69, 9.17) is 16.3 Å². The van der Waals surface area contributed by atoms with Crippen molar-refractivity contribution in [3.05, 3.63) is 59.2 Å². The van der Waals surface area contributed by atoms with E-state index in [1.165, 1.54) is 48.2 Å². The van der Waals surface area contributed by atoms with E-state index >= 15 is 0 Å². The number of nitrogens with zero attached hydrogens (tertiary/aromatic N) is 1. The maximum atomic E-state index is 6.15. The molecule has 0 unspecified atom stereocenters. The number of benzene rings is 2. The molecule has 0 atom stereocenters. The maximum absolute atomic E-state index is 6.15. The van der Waals surface area contributed by atoms with Crippen LogP contribution in [0.4, 0.5) is 0 Å². The number of likely N-dealkylation sites (tertiary alicyclic amines) is 1. The van der Waals surface area contributed by atoms with Crippen molar-refractivity contribution in [2.75, 3.05) is 32.8 Å². The Bertz CT molecular complexity index is 955. The van der Waals surface area contributed by atoms with E-state index < -0.39 is 0 Å². The Morgan fingerprint density at radius 3 is 2.87 bits per heavy atom. The van der Waals surface area contributed by atoms with Crippen molar-refractivity contribution >= 4 is 34.5 Å². The minimum Gasteiger partial charge on any atom is -0.494 e. The number of piperidine rings is 1. The summed E-state index contributed by atoms with van der Waals surface area (Å²) in [5.74, 6) is 0.959. The van der Waals surface area contributed by atoms with Crippen LogP contribution in [-0.4, -0.2) is 42.7 Å². The largest absolute Gasteiger partial charge is 0.494 e. The van der Waals surface area contributed by atoms with Crippen LogP contribution in [-0.2, 0) is 6.42 Å². The van der Waals surface area contributed by atoms with Gasteiger partial charge in [-0.15, -0.1) is 0 Å². The van der Waals surface area contributed by atoms with E-state index in [1.54, 1.807) is 11.9 Å². The van der Waals surface area contributed by atoms with Gasteiger partial charge in [-0.05, 0) is 99.1 Å². The first-order valence-corrected chi connectivity index (χ1v) is 12.6. The van der Waals surface area contributed by atoms with Crippen molar-refractivity contribution in [1.82, 2.24) is 14.6 Å². The number of halogens is 1. The van der Waals surface area contributed by atoms with E-state index in [2.05, 4.69) is 39.0 Å². The van der Waals surface area contributed by atoms with Crippen LogP contribution < -0.4 is 9.46 Å². The van der Waals surface area contributed by atoms with Gasteiger partial charge in [0.05, 0.1) is 6.61 Å². The van der Waals surface area contributed by atoms with Crippen LogP contribution in [0.1, 0.15) is 37.7 Å². The number of aryl methyl sites for hydroxylation is 1. The Labute approximate surface area is 194 Å². The standard InChI is InChI=1S/C25H32ClN3OS/c26-21-10-11-25-24(17-21)20(19-27-25)7-5-12-28-31-23-9-4-8-22(18-23)30-16-6-15-29-13-2-1-3-14-29/h4,8-11,17-19,27-28H,1-3,5-7,12-16H2. The molecule has 1 aliphatic heterocycles. The number of fused-ring (bicyclic) bond motifs is 1. The molecule has 1 saturated heterocycles. The fraction of sp³-hybridized carbons (Fsp3) is 0.440. The molecule has 0 spiro atoms. The fourth-order valence-electron chi connectivity index (χ4n) is 4.13. The molecule has 6 heteroatoms. The molecule has 1 aliphatic rings. The molecule has 3 aromatic rings. The molecule has 2 aromatic carbocycles. The van der Waals surface area contributed by atoms with Crippen molar-refractivity contribution in [3.63, 3.8) is 0 Å². The van der Waals surface area contributed by atoms with E-state index in [0.29, 0.717) is 0 Å². The Balaban J connectivity index is 1.14. The van der Waals surface area contributed by atoms with Crippen LogP contribution >= 0.6 is 23.5 Å². The predicted octanol–water partition coefficient (Wildman–Crippen LogP) is 6.31. The molecule has 0 saturated carbocycles. The molecule has 0 amide bonds. The van der Waals surface area contributed by atoms with Gasteiger partial charge < -0.3 is 14.6 Å². The van der Waals surface area contributed by atoms with Crippen molar-refractivity contribution in [2.24, 2.45) is 0 Å². The lowest BCUT2D eigenvalue weighted by atomic mass is 10.1. The topological polar surface area (TPSA) is 40.3 Å². The van der Waals surface area contributed by atoms with Crippen LogP contribution in [0.15, 0.2) is 53.6 Å². The summed E-state index contributed by atoms with van der Waals surface area (Å²) < 4.78 is 9.46. The molecule has 2 heterocycles. The number of nitrogens with one attached hydrogen (secondary N) is 2. The molecular formula is C25H32ClN3OS. The van der Waals surface area contributed by atoms with Crippen LogP contribution in [0.25, 0.3) is 10.9 Å². The van der Waals surface area contributed by atoms with Gasteiger partial charge >= 0.3 is 0 Å². The Kier molecular flexibility index (Phi) is 8.59. The first kappa shape index (κ1) is 22.5. The number of ether oxygens (including phenoxy) is 1. The summed E-state index contributed by atoms with van der Waals surface area (Å²) in [5.41, 5.74) is 2.47. The van der Waals surface area contributed by atoms with Crippen molar-refractivity contribution < 1.29 is 4.74 Å². The maximum Gasteiger partial charge on any atom is 0.120 e. The summed E-state index contributed by atoms with van der Waals surface area (Å²) in [7, 11) is 0. The van der Waals surface area contributed by atoms with Gasteiger partial charge in [-0.1, -0.05) is 24.1 Å². The smallest absolute Gasteiger partial charge is 0.120 e. The van der Waals surface area contributed by atoms with E-state index in [9.17, 15) is 0 Å². The molecule has 4 nitrogen and oxygen atoms in total. The third-order valence-electron chi connectivity index (χ3n) is 5.79. The van der Waals surface area contributed by atoms with Crippen molar-refractivity contribution in [3.8, 4) is 5.75 Å². The van der Waals surface area contributed by atoms with Crippen LogP contribution in [0.3, 0.4) is 0 Å². The SMILES string of the molecule is Clc1ccc2[nH]cc(CCCNSc3cccc(OCCCN4CCCCC4)c3)c2c1. The number of aromatic nitrogens is 1. The average Bonchev–Trinajstić information content (AvgIpc) is 3.19. The fourth-order valence-corrected chi connectivity index (χ4v) is 5.04. The highest BCUT2D eigenvalue weighted by Crippen LogP contribution is 2.24. The molecule has 166 valence electrons. The normalized spacial score (nSPS) is 14.9. The monoisotopic (exact) mass is 457 g/mol. The molecule has 0 bridgehead atoms. The number of hydrogen-bond donors (Lipinski definition) is 2. The van der Waals surface area contributed by atoms with E-state index in [-0.39, 0.29) is 0 Å². The van der Waals surface area contributed by atoms with Gasteiger partial charge in [0.25, 0.3) is 0 Å². The quantitative estimate of drug-likeness (QED) is 0.261. The predicted molar refractivity (Wildman–Crippen MR) is 132 cm³/mol. The number of aromatic amines is 1. The van der Waals surface area contributed by atoms with Crippen LogP contribution in [0, 0.1) is 0 Å². The summed E-state index contributed by atoms with van der Waals surface area (Å²) in [6, 6.07) is 14.4. The minimum atomic E-state index is 0.784. The number of hydrogen-bond acceptors (Lipinski definition) is 4. The van der Waals surface area contributed by atoms with Gasteiger partial charge in [-0.3, -0.25) is 4.72 Å². The lowest BCUT2D eigenvalue weighted by Gasteiger charge is -2.26. The van der Waals surface area contributed by atoms with Gasteiger partial charge in [0.2, 0.25) is 0 Å². The van der Waals surface area contributed by atoms with Gasteiger partial charge in [-0.2, -0.15) is 0 Å². The average molecular weight is 458 g/mol. The lowest BCUT2D eigenvalue weighted by molar-refractivity contribution is 0.205. The van der Waals surface area contributed by atoms with E-state index in [0.717, 1.165) is 55.2 Å². The van der Waals surface area contributed by atoms with Crippen molar-refractivity contribution in [2.45, 2.75) is 43.4 Å². The first-order chi connectivity index (χ1) is 15.3. The van der Waals surface area contributed by atoms with Crippen LogP contribution in [0.2, 0.25) is 5.02 Å². The lowest BCUT2D eigenvalue weighted by Crippen LogP contribution is -2.31. The van der Waals surface area contributed by atoms with Gasteiger partial charge in [0.1, 0.15) is 5.75 Å². The molecular weight excluding hydrogens is 426 g/mol. The highest BCUT2D eigenvalue weighted by atomic mass is 35.5. The van der Waals surface area contributed by atoms with E-state index in [1.807, 2.05) is 24.3 Å². The number of rotatable bonds is 11. The summed E-state index contributed by atoms with van der Waals surface area (Å²) in [5, 5.41) is 2.01. The van der Waals surface area contributed by atoms with Gasteiger partial charge in [0, 0.05) is 40.1 Å². The highest BCUT2D eigenvalue weighted by molar-refractivity contribution is 7.97. The third kappa shape index (κ3) is 6.91. The molecule has 1 fully saturated rings. The zero-order valence-electron chi connectivity index (χ0n) is 18.0. The number of H-pyrrole nitrogens is 1. The van der Waals surface area contributed by atoms with Crippen LogP contribution in [0.5, 0.6) is 5.75 Å². The molecule has 4 rings (SSSR count). The highest BCUT2D eigenvalue weighted by Gasteiger charge is 2.09. The van der Waals surface area contributed by atoms with Gasteiger partial charge in [0.15, 0.2) is 0 Å². The molecule has 1 aromatic heterocycles. The summed E-state index contributed by atoms with van der Waals surface area (Å²) in [4.78, 5) is 7.08. The Hall–Kier alpha value is -1.66. The zero-order valence-corrected chi connectivity index (χ0v) is 19.6. The molecule has 0 radical (unpaired) electrons. The minimum absolute atomic E-state index is 0.784. The van der Waals surface area contributed by atoms with Crippen molar-refractivity contribution in [1.29, 1.82) is 0 Å². The second-order valence-corrected chi connectivity index (χ2v) is 9.58. The Morgan fingerprint density at radius 2 is 1.97 bits per heavy atom. The summed E-state index contributed by atoms with van der Waals surface area (Å²) >= 11 is 7.82. The summed E-state index contributed by atoms with van der Waals surface area (Å²) in [6.45, 7) is 5.39. The third-order valence-corrected chi connectivity index (χ3v) is 6.86. The second kappa shape index (κ2) is 11.8. The second-order valence-electron chi connectivity index (χ2n) is 8.18.